The van der Waals surface area contributed by atoms with Gasteiger partial charge in [-0.25, -0.2) is 4.98 Å². The molecule has 0 unspecified atom stereocenters. The number of aromatic nitrogens is 4. The number of carbonyl (C=O) groups is 1. The standard InChI is InChI=1S/C15H20BrN5OS/c1-4-7-21-14(10(2)3)19-20-15(21)23-9-13(22)18-12-6-5-11(16)8-17-12/h5-6,8,10H,4,7,9H2,1-3H3,(H,17,18,22). The molecule has 2 aromatic heterocycles. The van der Waals surface area contributed by atoms with Gasteiger partial charge in [-0.2, -0.15) is 0 Å². The summed E-state index contributed by atoms with van der Waals surface area (Å²) in [6.45, 7) is 7.16. The molecule has 6 nitrogen and oxygen atoms in total. The van der Waals surface area contributed by atoms with E-state index in [0.29, 0.717) is 11.7 Å². The number of thioether (sulfide) groups is 1. The Bertz CT molecular complexity index is 656. The van der Waals surface area contributed by atoms with Gasteiger partial charge in [-0.1, -0.05) is 32.5 Å². The predicted octanol–water partition coefficient (Wildman–Crippen LogP) is 3.70. The van der Waals surface area contributed by atoms with Gasteiger partial charge in [0.1, 0.15) is 11.6 Å². The van der Waals surface area contributed by atoms with Crippen molar-refractivity contribution in [1.82, 2.24) is 19.7 Å². The summed E-state index contributed by atoms with van der Waals surface area (Å²) in [5.41, 5.74) is 0. The minimum absolute atomic E-state index is 0.109. The Morgan fingerprint density at radius 1 is 1.39 bits per heavy atom. The van der Waals surface area contributed by atoms with Gasteiger partial charge in [0.2, 0.25) is 5.91 Å². The van der Waals surface area contributed by atoms with Crippen LogP contribution in [0, 0.1) is 0 Å². The van der Waals surface area contributed by atoms with Crippen LogP contribution in [0.5, 0.6) is 0 Å². The minimum Gasteiger partial charge on any atom is -0.310 e. The molecule has 0 radical (unpaired) electrons. The summed E-state index contributed by atoms with van der Waals surface area (Å²) < 4.78 is 2.97. The number of nitrogens with one attached hydrogen (secondary N) is 1. The van der Waals surface area contributed by atoms with E-state index >= 15 is 0 Å². The van der Waals surface area contributed by atoms with Gasteiger partial charge < -0.3 is 9.88 Å². The van der Waals surface area contributed by atoms with Gasteiger partial charge in [-0.05, 0) is 34.5 Å². The van der Waals surface area contributed by atoms with Crippen LogP contribution in [0.2, 0.25) is 0 Å². The van der Waals surface area contributed by atoms with Gasteiger partial charge in [0.05, 0.1) is 5.75 Å². The maximum Gasteiger partial charge on any atom is 0.236 e. The second kappa shape index (κ2) is 8.44. The molecule has 0 spiro atoms. The number of rotatable bonds is 7. The van der Waals surface area contributed by atoms with Crippen LogP contribution >= 0.6 is 27.7 Å². The number of halogens is 1. The molecule has 124 valence electrons. The zero-order chi connectivity index (χ0) is 16.8. The van der Waals surface area contributed by atoms with E-state index in [2.05, 4.69) is 61.8 Å². The van der Waals surface area contributed by atoms with E-state index in [0.717, 1.165) is 28.4 Å². The van der Waals surface area contributed by atoms with E-state index in [4.69, 9.17) is 0 Å². The third-order valence-corrected chi connectivity index (χ3v) is 4.47. The van der Waals surface area contributed by atoms with E-state index in [1.54, 1.807) is 12.3 Å². The molecule has 0 saturated heterocycles. The van der Waals surface area contributed by atoms with Crippen molar-refractivity contribution >= 4 is 39.4 Å². The molecule has 8 heteroatoms. The Balaban J connectivity index is 1.97. The van der Waals surface area contributed by atoms with E-state index in [-0.39, 0.29) is 11.7 Å². The molecular formula is C15H20BrN5OS. The van der Waals surface area contributed by atoms with Crippen LogP contribution < -0.4 is 5.32 Å². The average molecular weight is 398 g/mol. The van der Waals surface area contributed by atoms with Crippen molar-refractivity contribution in [3.05, 3.63) is 28.6 Å². The summed E-state index contributed by atoms with van der Waals surface area (Å²) in [6.07, 6.45) is 2.65. The van der Waals surface area contributed by atoms with Crippen molar-refractivity contribution in [2.24, 2.45) is 0 Å². The SMILES string of the molecule is CCCn1c(SCC(=O)Nc2ccc(Br)cn2)nnc1C(C)C. The minimum atomic E-state index is -0.109. The first-order chi connectivity index (χ1) is 11.0. The first kappa shape index (κ1) is 17.9. The van der Waals surface area contributed by atoms with E-state index < -0.39 is 0 Å². The highest BCUT2D eigenvalue weighted by Gasteiger charge is 2.16. The summed E-state index contributed by atoms with van der Waals surface area (Å²) in [5, 5.41) is 12.0. The molecular weight excluding hydrogens is 378 g/mol. The Labute approximate surface area is 148 Å². The summed E-state index contributed by atoms with van der Waals surface area (Å²) in [7, 11) is 0. The smallest absolute Gasteiger partial charge is 0.236 e. The quantitative estimate of drug-likeness (QED) is 0.720. The van der Waals surface area contributed by atoms with Crippen LogP contribution in [0.1, 0.15) is 38.9 Å². The summed E-state index contributed by atoms with van der Waals surface area (Å²) in [4.78, 5) is 16.2. The van der Waals surface area contributed by atoms with E-state index in [1.807, 2.05) is 6.07 Å². The predicted molar refractivity (Wildman–Crippen MR) is 95.7 cm³/mol. The third kappa shape index (κ3) is 5.04. The molecule has 0 aliphatic heterocycles. The Kier molecular flexibility index (Phi) is 6.59. The number of pyridine rings is 1. The topological polar surface area (TPSA) is 72.7 Å². The maximum absolute atomic E-state index is 12.0. The number of amides is 1. The molecule has 1 amide bonds. The van der Waals surface area contributed by atoms with Crippen LogP contribution in [-0.4, -0.2) is 31.4 Å². The number of hydrogen-bond donors (Lipinski definition) is 1. The van der Waals surface area contributed by atoms with E-state index in [1.165, 1.54) is 11.8 Å². The second-order valence-corrected chi connectivity index (χ2v) is 7.20. The Morgan fingerprint density at radius 3 is 2.78 bits per heavy atom. The fraction of sp³-hybridized carbons (Fsp3) is 0.467. The van der Waals surface area contributed by atoms with Crippen molar-refractivity contribution in [3.8, 4) is 0 Å². The van der Waals surface area contributed by atoms with Crippen LogP contribution in [0.3, 0.4) is 0 Å². The molecule has 2 aromatic rings. The molecule has 23 heavy (non-hydrogen) atoms. The lowest BCUT2D eigenvalue weighted by Gasteiger charge is -2.10. The van der Waals surface area contributed by atoms with Gasteiger partial charge in [0.25, 0.3) is 0 Å². The van der Waals surface area contributed by atoms with Gasteiger partial charge >= 0.3 is 0 Å². The first-order valence-electron chi connectivity index (χ1n) is 7.48. The Morgan fingerprint density at radius 2 is 2.17 bits per heavy atom. The van der Waals surface area contributed by atoms with Gasteiger partial charge in [0.15, 0.2) is 5.16 Å². The van der Waals surface area contributed by atoms with Crippen molar-refractivity contribution in [2.45, 2.75) is 44.8 Å². The molecule has 2 rings (SSSR count). The largest absolute Gasteiger partial charge is 0.310 e. The van der Waals surface area contributed by atoms with Crippen molar-refractivity contribution in [3.63, 3.8) is 0 Å². The van der Waals surface area contributed by atoms with Crippen LogP contribution in [0.25, 0.3) is 0 Å². The summed E-state index contributed by atoms with van der Waals surface area (Å²) in [5.74, 6) is 1.98. The van der Waals surface area contributed by atoms with Crippen molar-refractivity contribution < 1.29 is 4.79 Å². The lowest BCUT2D eigenvalue weighted by Crippen LogP contribution is -2.15. The zero-order valence-electron chi connectivity index (χ0n) is 13.4. The monoisotopic (exact) mass is 397 g/mol. The lowest BCUT2D eigenvalue weighted by molar-refractivity contribution is -0.113. The fourth-order valence-corrected chi connectivity index (χ4v) is 3.03. The maximum atomic E-state index is 12.0. The molecule has 0 aliphatic rings. The molecule has 0 fully saturated rings. The van der Waals surface area contributed by atoms with Gasteiger partial charge in [-0.15, -0.1) is 10.2 Å². The molecule has 0 saturated carbocycles. The molecule has 0 atom stereocenters. The third-order valence-electron chi connectivity index (χ3n) is 3.04. The second-order valence-electron chi connectivity index (χ2n) is 5.35. The van der Waals surface area contributed by atoms with Crippen molar-refractivity contribution in [1.29, 1.82) is 0 Å². The first-order valence-corrected chi connectivity index (χ1v) is 9.26. The van der Waals surface area contributed by atoms with Gasteiger partial charge in [-0.3, -0.25) is 4.79 Å². The number of anilines is 1. The van der Waals surface area contributed by atoms with Crippen LogP contribution in [0.4, 0.5) is 5.82 Å². The van der Waals surface area contributed by atoms with Crippen LogP contribution in [-0.2, 0) is 11.3 Å². The van der Waals surface area contributed by atoms with Crippen molar-refractivity contribution in [2.75, 3.05) is 11.1 Å². The number of hydrogen-bond acceptors (Lipinski definition) is 5. The van der Waals surface area contributed by atoms with Gasteiger partial charge in [0, 0.05) is 23.1 Å². The normalized spacial score (nSPS) is 11.0. The summed E-state index contributed by atoms with van der Waals surface area (Å²) >= 11 is 4.71. The highest BCUT2D eigenvalue weighted by atomic mass is 79.9. The summed E-state index contributed by atoms with van der Waals surface area (Å²) in [6, 6.07) is 3.59. The highest BCUT2D eigenvalue weighted by molar-refractivity contribution is 9.10. The van der Waals surface area contributed by atoms with E-state index in [9.17, 15) is 4.79 Å². The number of carbonyl (C=O) groups excluding carboxylic acids is 1. The zero-order valence-corrected chi connectivity index (χ0v) is 15.8. The molecule has 2 heterocycles. The average Bonchev–Trinajstić information content (AvgIpc) is 2.91. The highest BCUT2D eigenvalue weighted by Crippen LogP contribution is 2.22. The number of nitrogens with zero attached hydrogens (tertiary/aromatic N) is 4. The molecule has 0 aliphatic carbocycles. The lowest BCUT2D eigenvalue weighted by atomic mass is 10.2. The molecule has 0 aromatic carbocycles. The Hall–Kier alpha value is -1.41. The van der Waals surface area contributed by atoms with Crippen LogP contribution in [0.15, 0.2) is 28.0 Å². The fourth-order valence-electron chi connectivity index (χ4n) is 2.03. The molecule has 0 bridgehead atoms. The molecule has 1 N–H and O–H groups in total.